The average molecular weight is 363 g/mol. The number of nitrogens with zero attached hydrogens (tertiary/aromatic N) is 1. The quantitative estimate of drug-likeness (QED) is 0.779. The van der Waals surface area contributed by atoms with E-state index in [0.29, 0.717) is 29.6 Å². The van der Waals surface area contributed by atoms with Gasteiger partial charge in [-0.05, 0) is 44.3 Å². The number of carbonyl (C=O) groups is 1. The zero-order chi connectivity index (χ0) is 18.2. The molecule has 0 unspecified atom stereocenters. The van der Waals surface area contributed by atoms with Gasteiger partial charge in [-0.15, -0.1) is 0 Å². The summed E-state index contributed by atoms with van der Waals surface area (Å²) in [5.41, 5.74) is 1.75. The minimum absolute atomic E-state index is 0.140. The van der Waals surface area contributed by atoms with E-state index in [-0.39, 0.29) is 12.5 Å². The van der Waals surface area contributed by atoms with E-state index in [1.54, 1.807) is 25.3 Å². The van der Waals surface area contributed by atoms with E-state index in [1.807, 2.05) is 43.1 Å². The molecule has 0 aliphatic rings. The van der Waals surface area contributed by atoms with Gasteiger partial charge in [-0.1, -0.05) is 29.3 Å². The molecule has 1 amide bonds. The van der Waals surface area contributed by atoms with Crippen molar-refractivity contribution in [2.45, 2.75) is 6.92 Å². The van der Waals surface area contributed by atoms with Crippen LogP contribution in [0.5, 0.6) is 11.5 Å². The molecule has 0 saturated heterocycles. The zero-order valence-electron chi connectivity index (χ0n) is 14.7. The molecule has 5 nitrogen and oxygen atoms in total. The predicted octanol–water partition coefficient (Wildman–Crippen LogP) is 3.61. The highest BCUT2D eigenvalue weighted by Crippen LogP contribution is 2.27. The Balaban J connectivity index is 1.78. The van der Waals surface area contributed by atoms with E-state index in [4.69, 9.17) is 21.1 Å². The predicted molar refractivity (Wildman–Crippen MR) is 101 cm³/mol. The van der Waals surface area contributed by atoms with Crippen LogP contribution < -0.4 is 14.8 Å². The van der Waals surface area contributed by atoms with Crippen LogP contribution in [-0.4, -0.2) is 44.7 Å². The lowest BCUT2D eigenvalue weighted by Gasteiger charge is -2.17. The Morgan fingerprint density at radius 1 is 1.20 bits per heavy atom. The van der Waals surface area contributed by atoms with E-state index in [2.05, 4.69) is 5.32 Å². The van der Waals surface area contributed by atoms with Crippen molar-refractivity contribution >= 4 is 23.2 Å². The van der Waals surface area contributed by atoms with Crippen molar-refractivity contribution in [2.75, 3.05) is 39.2 Å². The molecule has 0 aliphatic carbocycles. The molecular formula is C19H23ClN2O3. The van der Waals surface area contributed by atoms with Gasteiger partial charge in [0.15, 0.2) is 0 Å². The van der Waals surface area contributed by atoms with Gasteiger partial charge in [0.05, 0.1) is 19.3 Å². The largest absolute Gasteiger partial charge is 0.495 e. The number of nitrogens with one attached hydrogen (secondary N) is 1. The van der Waals surface area contributed by atoms with Gasteiger partial charge in [0.1, 0.15) is 18.1 Å². The van der Waals surface area contributed by atoms with Gasteiger partial charge in [-0.2, -0.15) is 0 Å². The molecule has 0 radical (unpaired) electrons. The lowest BCUT2D eigenvalue weighted by molar-refractivity contribution is -0.117. The maximum Gasteiger partial charge on any atom is 0.238 e. The summed E-state index contributed by atoms with van der Waals surface area (Å²) in [4.78, 5) is 14.1. The molecule has 0 atom stereocenters. The Hall–Kier alpha value is -2.24. The summed E-state index contributed by atoms with van der Waals surface area (Å²) in [6.45, 7) is 3.42. The summed E-state index contributed by atoms with van der Waals surface area (Å²) in [5.74, 6) is 1.26. The number of aryl methyl sites for hydroxylation is 1. The average Bonchev–Trinajstić information content (AvgIpc) is 2.57. The molecule has 0 spiro atoms. The summed E-state index contributed by atoms with van der Waals surface area (Å²) in [5, 5.41) is 3.35. The zero-order valence-corrected chi connectivity index (χ0v) is 15.5. The highest BCUT2D eigenvalue weighted by atomic mass is 35.5. The monoisotopic (exact) mass is 362 g/mol. The third kappa shape index (κ3) is 6.29. The third-order valence-electron chi connectivity index (χ3n) is 3.61. The fourth-order valence-electron chi connectivity index (χ4n) is 2.25. The van der Waals surface area contributed by atoms with E-state index in [0.717, 1.165) is 5.75 Å². The Morgan fingerprint density at radius 3 is 2.60 bits per heavy atom. The van der Waals surface area contributed by atoms with Gasteiger partial charge in [-0.3, -0.25) is 9.69 Å². The molecule has 2 rings (SSSR count). The minimum atomic E-state index is -0.140. The Morgan fingerprint density at radius 2 is 1.92 bits per heavy atom. The molecule has 0 fully saturated rings. The number of rotatable bonds is 8. The second kappa shape index (κ2) is 9.30. The maximum absolute atomic E-state index is 12.2. The number of carbonyl (C=O) groups excluding carboxylic acids is 1. The van der Waals surface area contributed by atoms with E-state index in [9.17, 15) is 4.79 Å². The van der Waals surface area contributed by atoms with E-state index >= 15 is 0 Å². The molecule has 6 heteroatoms. The van der Waals surface area contributed by atoms with Crippen molar-refractivity contribution in [1.29, 1.82) is 0 Å². The van der Waals surface area contributed by atoms with Crippen molar-refractivity contribution in [3.63, 3.8) is 0 Å². The number of hydrogen-bond acceptors (Lipinski definition) is 4. The molecule has 0 heterocycles. The van der Waals surface area contributed by atoms with Gasteiger partial charge in [0.25, 0.3) is 0 Å². The Labute approximate surface area is 153 Å². The maximum atomic E-state index is 12.2. The first-order valence-corrected chi connectivity index (χ1v) is 8.37. The number of hydrogen-bond donors (Lipinski definition) is 1. The molecular weight excluding hydrogens is 340 g/mol. The van der Waals surface area contributed by atoms with Gasteiger partial charge >= 0.3 is 0 Å². The van der Waals surface area contributed by atoms with Crippen molar-refractivity contribution in [3.8, 4) is 11.5 Å². The number of methoxy groups -OCH3 is 1. The van der Waals surface area contributed by atoms with E-state index < -0.39 is 0 Å². The molecule has 0 saturated carbocycles. The summed E-state index contributed by atoms with van der Waals surface area (Å²) < 4.78 is 10.9. The molecule has 1 N–H and O–H groups in total. The molecule has 2 aromatic carbocycles. The topological polar surface area (TPSA) is 50.8 Å². The molecule has 2 aromatic rings. The fraction of sp³-hybridized carbons (Fsp3) is 0.316. The van der Waals surface area contributed by atoms with Crippen LogP contribution >= 0.6 is 11.6 Å². The Kier molecular flexibility index (Phi) is 7.10. The van der Waals surface area contributed by atoms with Gasteiger partial charge < -0.3 is 14.8 Å². The first kappa shape index (κ1) is 19.1. The number of amides is 1. The van der Waals surface area contributed by atoms with Crippen LogP contribution in [0.3, 0.4) is 0 Å². The summed E-state index contributed by atoms with van der Waals surface area (Å²) in [6.07, 6.45) is 0. The third-order valence-corrected chi connectivity index (χ3v) is 3.85. The number of likely N-dealkylation sites (N-methyl/N-ethyl adjacent to an activating group) is 1. The van der Waals surface area contributed by atoms with Crippen LogP contribution in [0.15, 0.2) is 42.5 Å². The van der Waals surface area contributed by atoms with Crippen LogP contribution in [0.1, 0.15) is 5.56 Å². The molecule has 25 heavy (non-hydrogen) atoms. The lowest BCUT2D eigenvalue weighted by atomic mass is 10.2. The van der Waals surface area contributed by atoms with Crippen LogP contribution in [0.2, 0.25) is 5.02 Å². The first-order chi connectivity index (χ1) is 12.0. The van der Waals surface area contributed by atoms with Gasteiger partial charge in [0.2, 0.25) is 5.91 Å². The van der Waals surface area contributed by atoms with Crippen molar-refractivity contribution in [3.05, 3.63) is 53.1 Å². The summed E-state index contributed by atoms with van der Waals surface area (Å²) >= 11 is 5.97. The van der Waals surface area contributed by atoms with Crippen molar-refractivity contribution in [2.24, 2.45) is 0 Å². The van der Waals surface area contributed by atoms with Crippen LogP contribution in [0, 0.1) is 6.92 Å². The molecule has 134 valence electrons. The molecule has 0 bridgehead atoms. The first-order valence-electron chi connectivity index (χ1n) is 7.99. The SMILES string of the molecule is COc1ccc(Cl)cc1NC(=O)CN(C)CCOc1ccc(C)cc1. The van der Waals surface area contributed by atoms with Crippen LogP contribution in [-0.2, 0) is 4.79 Å². The fourth-order valence-corrected chi connectivity index (χ4v) is 2.42. The Bertz CT molecular complexity index is 704. The second-order valence-corrected chi connectivity index (χ2v) is 6.23. The molecule has 0 aliphatic heterocycles. The summed E-state index contributed by atoms with van der Waals surface area (Å²) in [7, 11) is 3.42. The molecule has 0 aromatic heterocycles. The van der Waals surface area contributed by atoms with E-state index in [1.165, 1.54) is 5.56 Å². The van der Waals surface area contributed by atoms with Crippen LogP contribution in [0.25, 0.3) is 0 Å². The number of anilines is 1. The van der Waals surface area contributed by atoms with Crippen molar-refractivity contribution in [1.82, 2.24) is 4.90 Å². The standard InChI is InChI=1S/C19H23ClN2O3/c1-14-4-7-16(8-5-14)25-11-10-22(2)13-19(23)21-17-12-15(20)6-9-18(17)24-3/h4-9,12H,10-11,13H2,1-3H3,(H,21,23). The smallest absolute Gasteiger partial charge is 0.238 e. The normalized spacial score (nSPS) is 10.6. The summed E-state index contributed by atoms with van der Waals surface area (Å²) in [6, 6.07) is 13.0. The minimum Gasteiger partial charge on any atom is -0.495 e. The second-order valence-electron chi connectivity index (χ2n) is 5.79. The number of ether oxygens (including phenoxy) is 2. The van der Waals surface area contributed by atoms with Gasteiger partial charge in [-0.25, -0.2) is 0 Å². The van der Waals surface area contributed by atoms with Crippen molar-refractivity contribution < 1.29 is 14.3 Å². The number of benzene rings is 2. The van der Waals surface area contributed by atoms with Crippen LogP contribution in [0.4, 0.5) is 5.69 Å². The lowest BCUT2D eigenvalue weighted by Crippen LogP contribution is -2.33. The highest BCUT2D eigenvalue weighted by Gasteiger charge is 2.11. The van der Waals surface area contributed by atoms with Gasteiger partial charge in [0, 0.05) is 11.6 Å². The highest BCUT2D eigenvalue weighted by molar-refractivity contribution is 6.31. The number of halogens is 1.